The highest BCUT2D eigenvalue weighted by atomic mass is 32.1. The number of para-hydroxylation sites is 1. The molecule has 1 heterocycles. The molecule has 0 saturated carbocycles. The smallest absolute Gasteiger partial charge is 0.250 e. The molecule has 1 aromatic carbocycles. The van der Waals surface area contributed by atoms with E-state index in [-0.39, 0.29) is 0 Å². The van der Waals surface area contributed by atoms with Crippen molar-refractivity contribution in [1.29, 1.82) is 0 Å². The van der Waals surface area contributed by atoms with Crippen LogP contribution in [0.5, 0.6) is 0 Å². The molecule has 1 aromatic heterocycles. The van der Waals surface area contributed by atoms with Gasteiger partial charge in [-0.2, -0.15) is 0 Å². The number of amides is 1. The lowest BCUT2D eigenvalue weighted by Gasteiger charge is -1.99. The Bertz CT molecular complexity index is 572. The molecule has 0 radical (unpaired) electrons. The topological polar surface area (TPSA) is 55.4 Å². The zero-order valence-electron chi connectivity index (χ0n) is 9.38. The molecule has 0 aliphatic carbocycles. The quantitative estimate of drug-likeness (QED) is 0.829. The Labute approximate surface area is 104 Å². The maximum Gasteiger partial charge on any atom is 0.250 e. The Kier molecular flexibility index (Phi) is 3.35. The Balaban J connectivity index is 2.33. The molecule has 0 saturated heterocycles. The molecule has 2 N–H and O–H groups in total. The van der Waals surface area contributed by atoms with Gasteiger partial charge in [-0.1, -0.05) is 12.1 Å². The van der Waals surface area contributed by atoms with Gasteiger partial charge in [0.05, 0.1) is 11.3 Å². The maximum atomic E-state index is 11.2. The first kappa shape index (κ1) is 11.5. The number of nitrogens with zero attached hydrogens (tertiary/aromatic N) is 1. The van der Waals surface area contributed by atoms with Crippen LogP contribution in [0, 0.1) is 6.92 Å². The second-order valence-corrected chi connectivity index (χ2v) is 4.56. The molecule has 1 amide bonds. The van der Waals surface area contributed by atoms with Crippen molar-refractivity contribution in [2.75, 3.05) is 0 Å². The molecule has 0 aliphatic rings. The Morgan fingerprint density at radius 1 is 1.35 bits per heavy atom. The van der Waals surface area contributed by atoms with Crippen molar-refractivity contribution >= 4 is 29.1 Å². The highest BCUT2D eigenvalue weighted by Crippen LogP contribution is 2.19. The van der Waals surface area contributed by atoms with E-state index in [4.69, 9.17) is 5.73 Å². The fourth-order valence-electron chi connectivity index (χ4n) is 1.44. The number of thiophene rings is 1. The highest BCUT2D eigenvalue weighted by Gasteiger charge is 2.05. The Morgan fingerprint density at radius 2 is 2.12 bits per heavy atom. The molecule has 0 fully saturated rings. The number of hydrogen-bond donors (Lipinski definition) is 1. The molecule has 0 aliphatic heterocycles. The number of primary amides is 1. The zero-order chi connectivity index (χ0) is 12.3. The van der Waals surface area contributed by atoms with Crippen LogP contribution in [0.25, 0.3) is 0 Å². The van der Waals surface area contributed by atoms with Crippen LogP contribution < -0.4 is 5.73 Å². The molecule has 0 atom stereocenters. The van der Waals surface area contributed by atoms with Crippen molar-refractivity contribution in [3.63, 3.8) is 0 Å². The van der Waals surface area contributed by atoms with E-state index in [9.17, 15) is 4.79 Å². The van der Waals surface area contributed by atoms with Crippen molar-refractivity contribution in [2.45, 2.75) is 6.92 Å². The van der Waals surface area contributed by atoms with Crippen molar-refractivity contribution in [1.82, 2.24) is 0 Å². The van der Waals surface area contributed by atoms with Crippen molar-refractivity contribution in [3.8, 4) is 0 Å². The van der Waals surface area contributed by atoms with Crippen molar-refractivity contribution in [3.05, 3.63) is 51.7 Å². The van der Waals surface area contributed by atoms with Crippen molar-refractivity contribution in [2.24, 2.45) is 10.7 Å². The van der Waals surface area contributed by atoms with Crippen LogP contribution in [0.4, 0.5) is 5.69 Å². The molecule has 3 nitrogen and oxygen atoms in total. The molecular weight excluding hydrogens is 232 g/mol. The summed E-state index contributed by atoms with van der Waals surface area (Å²) in [5.74, 6) is -0.458. The molecule has 2 rings (SSSR count). The third-order valence-electron chi connectivity index (χ3n) is 2.39. The number of aryl methyl sites for hydroxylation is 1. The van der Waals surface area contributed by atoms with Crippen LogP contribution >= 0.6 is 11.3 Å². The fourth-order valence-corrected chi connectivity index (χ4v) is 2.23. The van der Waals surface area contributed by atoms with Crippen LogP contribution in [0.2, 0.25) is 0 Å². The van der Waals surface area contributed by atoms with Gasteiger partial charge in [0.15, 0.2) is 0 Å². The Morgan fingerprint density at radius 3 is 2.76 bits per heavy atom. The third-order valence-corrected chi connectivity index (χ3v) is 3.35. The van der Waals surface area contributed by atoms with Crippen LogP contribution in [0.1, 0.15) is 20.8 Å². The van der Waals surface area contributed by atoms with Gasteiger partial charge in [-0.05, 0) is 36.1 Å². The number of nitrogens with two attached hydrogens (primary N) is 1. The van der Waals surface area contributed by atoms with Gasteiger partial charge in [0.25, 0.3) is 5.91 Å². The van der Waals surface area contributed by atoms with E-state index >= 15 is 0 Å². The van der Waals surface area contributed by atoms with Gasteiger partial charge in [0.2, 0.25) is 0 Å². The fraction of sp³-hybridized carbons (Fsp3) is 0.0769. The van der Waals surface area contributed by atoms with Gasteiger partial charge in [0, 0.05) is 11.1 Å². The maximum absolute atomic E-state index is 11.2. The van der Waals surface area contributed by atoms with E-state index in [1.54, 1.807) is 35.8 Å². The molecular formula is C13H12N2OS. The van der Waals surface area contributed by atoms with E-state index in [0.717, 1.165) is 4.88 Å². The SMILES string of the molecule is Cc1ccsc1C=Nc1ccccc1C(N)=O. The van der Waals surface area contributed by atoms with E-state index in [2.05, 4.69) is 4.99 Å². The summed E-state index contributed by atoms with van der Waals surface area (Å²) < 4.78 is 0. The van der Waals surface area contributed by atoms with Gasteiger partial charge in [-0.25, -0.2) is 0 Å². The lowest BCUT2D eigenvalue weighted by Crippen LogP contribution is -2.10. The number of carbonyl (C=O) groups excluding carboxylic acids is 1. The zero-order valence-corrected chi connectivity index (χ0v) is 10.2. The van der Waals surface area contributed by atoms with Gasteiger partial charge < -0.3 is 5.73 Å². The number of carbonyl (C=O) groups is 1. The summed E-state index contributed by atoms with van der Waals surface area (Å²) >= 11 is 1.62. The summed E-state index contributed by atoms with van der Waals surface area (Å²) in [5.41, 5.74) is 7.51. The summed E-state index contributed by atoms with van der Waals surface area (Å²) in [6.45, 7) is 2.03. The number of benzene rings is 1. The van der Waals surface area contributed by atoms with Gasteiger partial charge in [-0.15, -0.1) is 11.3 Å². The second-order valence-electron chi connectivity index (χ2n) is 3.61. The second kappa shape index (κ2) is 4.93. The average Bonchev–Trinajstić information content (AvgIpc) is 2.72. The third kappa shape index (κ3) is 2.60. The van der Waals surface area contributed by atoms with Gasteiger partial charge in [0.1, 0.15) is 0 Å². The summed E-state index contributed by atoms with van der Waals surface area (Å²) in [6, 6.07) is 9.09. The molecule has 0 bridgehead atoms. The minimum Gasteiger partial charge on any atom is -0.366 e. The summed E-state index contributed by atoms with van der Waals surface area (Å²) in [6.07, 6.45) is 1.77. The molecule has 86 valence electrons. The molecule has 0 spiro atoms. The summed E-state index contributed by atoms with van der Waals surface area (Å²) in [4.78, 5) is 16.6. The normalized spacial score (nSPS) is 10.9. The predicted molar refractivity (Wildman–Crippen MR) is 71.3 cm³/mol. The summed E-state index contributed by atoms with van der Waals surface area (Å²) in [7, 11) is 0. The van der Waals surface area contributed by atoms with Crippen LogP contribution in [0.15, 0.2) is 40.7 Å². The van der Waals surface area contributed by atoms with E-state index in [1.165, 1.54) is 5.56 Å². The highest BCUT2D eigenvalue weighted by molar-refractivity contribution is 7.11. The monoisotopic (exact) mass is 244 g/mol. The summed E-state index contributed by atoms with van der Waals surface area (Å²) in [5, 5.41) is 2.01. The van der Waals surface area contributed by atoms with E-state index in [0.29, 0.717) is 11.3 Å². The van der Waals surface area contributed by atoms with Crippen LogP contribution in [-0.4, -0.2) is 12.1 Å². The first-order chi connectivity index (χ1) is 8.18. The lowest BCUT2D eigenvalue weighted by molar-refractivity contribution is 0.100. The number of hydrogen-bond acceptors (Lipinski definition) is 3. The van der Waals surface area contributed by atoms with E-state index in [1.807, 2.05) is 24.4 Å². The Hall–Kier alpha value is -1.94. The van der Waals surface area contributed by atoms with E-state index < -0.39 is 5.91 Å². The number of rotatable bonds is 3. The standard InChI is InChI=1S/C13H12N2OS/c1-9-6-7-17-12(9)8-15-11-5-3-2-4-10(11)13(14)16/h2-8H,1H3,(H2,14,16). The number of aliphatic imine (C=N–C) groups is 1. The largest absolute Gasteiger partial charge is 0.366 e. The molecule has 0 unspecified atom stereocenters. The lowest BCUT2D eigenvalue weighted by atomic mass is 10.2. The molecule has 2 aromatic rings. The van der Waals surface area contributed by atoms with Crippen molar-refractivity contribution < 1.29 is 4.79 Å². The van der Waals surface area contributed by atoms with Crippen LogP contribution in [-0.2, 0) is 0 Å². The van der Waals surface area contributed by atoms with Crippen LogP contribution in [0.3, 0.4) is 0 Å². The van der Waals surface area contributed by atoms with Gasteiger partial charge in [-0.3, -0.25) is 9.79 Å². The van der Waals surface area contributed by atoms with Gasteiger partial charge >= 0.3 is 0 Å². The minimum atomic E-state index is -0.458. The first-order valence-electron chi connectivity index (χ1n) is 5.15. The minimum absolute atomic E-state index is 0.443. The predicted octanol–water partition coefficient (Wildman–Crippen LogP) is 2.91. The molecule has 17 heavy (non-hydrogen) atoms. The molecule has 4 heteroatoms. The first-order valence-corrected chi connectivity index (χ1v) is 6.03. The average molecular weight is 244 g/mol.